The standard InChI is InChI=1S/C15H21NO/c1-9-14-12-5-4-11(17)6-10(12)7-13(14)16-8-15(9,2)3/h4-6,9,13-14,16-17H,7-8H2,1-3H3. The van der Waals surface area contributed by atoms with Crippen LogP contribution in [0.3, 0.4) is 0 Å². The number of aromatic hydroxyl groups is 1. The average Bonchev–Trinajstić information content (AvgIpc) is 2.62. The number of nitrogens with one attached hydrogen (secondary N) is 1. The Kier molecular flexibility index (Phi) is 2.27. The van der Waals surface area contributed by atoms with Gasteiger partial charge in [0, 0.05) is 18.5 Å². The van der Waals surface area contributed by atoms with Gasteiger partial charge in [0.2, 0.25) is 0 Å². The fourth-order valence-corrected chi connectivity index (χ4v) is 3.53. The SMILES string of the molecule is CC1C2c3ccc(O)cc3CC2NCC1(C)C. The molecule has 3 unspecified atom stereocenters. The number of rotatable bonds is 0. The lowest BCUT2D eigenvalue weighted by molar-refractivity contribution is 0.119. The Bertz CT molecular complexity index is 452. The van der Waals surface area contributed by atoms with Crippen LogP contribution < -0.4 is 5.32 Å². The van der Waals surface area contributed by atoms with Crippen molar-refractivity contribution >= 4 is 0 Å². The maximum atomic E-state index is 9.58. The summed E-state index contributed by atoms with van der Waals surface area (Å²) in [4.78, 5) is 0. The van der Waals surface area contributed by atoms with Crippen LogP contribution in [-0.2, 0) is 6.42 Å². The van der Waals surface area contributed by atoms with Crippen molar-refractivity contribution in [3.63, 3.8) is 0 Å². The lowest BCUT2D eigenvalue weighted by Gasteiger charge is -2.45. The topological polar surface area (TPSA) is 32.3 Å². The van der Waals surface area contributed by atoms with Gasteiger partial charge in [-0.2, -0.15) is 0 Å². The molecule has 17 heavy (non-hydrogen) atoms. The van der Waals surface area contributed by atoms with Gasteiger partial charge in [0.05, 0.1) is 0 Å². The average molecular weight is 231 g/mol. The summed E-state index contributed by atoms with van der Waals surface area (Å²) in [6.45, 7) is 8.16. The fraction of sp³-hybridized carbons (Fsp3) is 0.600. The second-order valence-electron chi connectivity index (χ2n) is 6.38. The molecule has 3 rings (SSSR count). The second kappa shape index (κ2) is 3.49. The highest BCUT2D eigenvalue weighted by molar-refractivity contribution is 5.43. The minimum atomic E-state index is 0.348. The van der Waals surface area contributed by atoms with Gasteiger partial charge in [0.25, 0.3) is 0 Å². The van der Waals surface area contributed by atoms with Gasteiger partial charge < -0.3 is 10.4 Å². The molecule has 0 bridgehead atoms. The van der Waals surface area contributed by atoms with Gasteiger partial charge in [-0.1, -0.05) is 26.8 Å². The maximum Gasteiger partial charge on any atom is 0.115 e. The van der Waals surface area contributed by atoms with Gasteiger partial charge in [-0.3, -0.25) is 0 Å². The van der Waals surface area contributed by atoms with E-state index in [1.165, 1.54) is 11.1 Å². The zero-order valence-corrected chi connectivity index (χ0v) is 10.8. The number of hydrogen-bond acceptors (Lipinski definition) is 2. The van der Waals surface area contributed by atoms with Crippen LogP contribution in [0.15, 0.2) is 18.2 Å². The van der Waals surface area contributed by atoms with E-state index in [9.17, 15) is 5.11 Å². The first kappa shape index (κ1) is 11.1. The van der Waals surface area contributed by atoms with Crippen LogP contribution in [-0.4, -0.2) is 17.7 Å². The van der Waals surface area contributed by atoms with E-state index in [0.717, 1.165) is 13.0 Å². The first-order chi connectivity index (χ1) is 7.99. The molecular formula is C15H21NO. The Morgan fingerprint density at radius 1 is 1.35 bits per heavy atom. The second-order valence-corrected chi connectivity index (χ2v) is 6.38. The predicted molar refractivity (Wildman–Crippen MR) is 69.3 cm³/mol. The van der Waals surface area contributed by atoms with Gasteiger partial charge in [-0.05, 0) is 41.0 Å². The molecule has 0 aromatic heterocycles. The maximum absolute atomic E-state index is 9.58. The molecule has 1 aliphatic carbocycles. The van der Waals surface area contributed by atoms with Crippen molar-refractivity contribution in [2.75, 3.05) is 6.54 Å². The van der Waals surface area contributed by atoms with E-state index in [1.54, 1.807) is 0 Å². The summed E-state index contributed by atoms with van der Waals surface area (Å²) in [5, 5.41) is 13.3. The first-order valence-corrected chi connectivity index (χ1v) is 6.54. The number of hydrogen-bond donors (Lipinski definition) is 2. The van der Waals surface area contributed by atoms with Crippen molar-refractivity contribution in [2.45, 2.75) is 39.2 Å². The Hall–Kier alpha value is -1.02. The van der Waals surface area contributed by atoms with Crippen LogP contribution in [0.5, 0.6) is 5.75 Å². The summed E-state index contributed by atoms with van der Waals surface area (Å²) in [6, 6.07) is 6.45. The fourth-order valence-electron chi connectivity index (χ4n) is 3.53. The summed E-state index contributed by atoms with van der Waals surface area (Å²) in [5.41, 5.74) is 3.12. The zero-order valence-electron chi connectivity index (χ0n) is 10.8. The van der Waals surface area contributed by atoms with E-state index < -0.39 is 0 Å². The molecule has 1 aliphatic heterocycles. The highest BCUT2D eigenvalue weighted by atomic mass is 16.3. The number of phenols is 1. The van der Waals surface area contributed by atoms with E-state index in [2.05, 4.69) is 32.2 Å². The molecule has 0 amide bonds. The lowest BCUT2D eigenvalue weighted by atomic mass is 9.67. The zero-order chi connectivity index (χ0) is 12.2. The van der Waals surface area contributed by atoms with Crippen LogP contribution in [0.2, 0.25) is 0 Å². The Morgan fingerprint density at radius 2 is 2.12 bits per heavy atom. The molecule has 92 valence electrons. The van der Waals surface area contributed by atoms with Crippen LogP contribution in [0, 0.1) is 11.3 Å². The van der Waals surface area contributed by atoms with E-state index in [0.29, 0.717) is 29.0 Å². The van der Waals surface area contributed by atoms with E-state index in [1.807, 2.05) is 12.1 Å². The molecule has 0 saturated carbocycles. The molecule has 1 aromatic carbocycles. The van der Waals surface area contributed by atoms with Crippen molar-refractivity contribution in [1.82, 2.24) is 5.32 Å². The van der Waals surface area contributed by atoms with Gasteiger partial charge in [0.1, 0.15) is 5.75 Å². The van der Waals surface area contributed by atoms with Crippen molar-refractivity contribution in [3.05, 3.63) is 29.3 Å². The number of fused-ring (bicyclic) bond motifs is 3. The number of phenolic OH excluding ortho intramolecular Hbond substituents is 1. The van der Waals surface area contributed by atoms with E-state index in [4.69, 9.17) is 0 Å². The Morgan fingerprint density at radius 3 is 2.88 bits per heavy atom. The van der Waals surface area contributed by atoms with Gasteiger partial charge in [-0.25, -0.2) is 0 Å². The molecule has 0 spiro atoms. The summed E-state index contributed by atoms with van der Waals surface area (Å²) < 4.78 is 0. The third-order valence-electron chi connectivity index (χ3n) is 4.95. The van der Waals surface area contributed by atoms with Gasteiger partial charge >= 0.3 is 0 Å². The molecule has 1 saturated heterocycles. The van der Waals surface area contributed by atoms with Crippen LogP contribution in [0.25, 0.3) is 0 Å². The smallest absolute Gasteiger partial charge is 0.115 e. The minimum absolute atomic E-state index is 0.348. The monoisotopic (exact) mass is 231 g/mol. The molecule has 1 heterocycles. The van der Waals surface area contributed by atoms with E-state index in [-0.39, 0.29) is 0 Å². The highest BCUT2D eigenvalue weighted by Crippen LogP contribution is 2.48. The normalized spacial score (nSPS) is 34.2. The Labute approximate surface area is 103 Å². The molecule has 2 heteroatoms. The Balaban J connectivity index is 2.03. The molecule has 3 atom stereocenters. The molecule has 1 aromatic rings. The molecule has 2 nitrogen and oxygen atoms in total. The van der Waals surface area contributed by atoms with Crippen molar-refractivity contribution < 1.29 is 5.11 Å². The van der Waals surface area contributed by atoms with Gasteiger partial charge in [-0.15, -0.1) is 0 Å². The van der Waals surface area contributed by atoms with E-state index >= 15 is 0 Å². The quantitative estimate of drug-likeness (QED) is 0.719. The summed E-state index contributed by atoms with van der Waals surface area (Å²) in [6.07, 6.45) is 1.06. The van der Waals surface area contributed by atoms with Gasteiger partial charge in [0.15, 0.2) is 0 Å². The lowest BCUT2D eigenvalue weighted by Crippen LogP contribution is -2.51. The minimum Gasteiger partial charge on any atom is -0.508 e. The molecule has 2 N–H and O–H groups in total. The van der Waals surface area contributed by atoms with Crippen molar-refractivity contribution in [1.29, 1.82) is 0 Å². The third kappa shape index (κ3) is 1.58. The largest absolute Gasteiger partial charge is 0.508 e. The van der Waals surface area contributed by atoms with Crippen LogP contribution in [0.4, 0.5) is 0 Å². The van der Waals surface area contributed by atoms with Crippen molar-refractivity contribution in [3.8, 4) is 5.75 Å². The molecule has 0 radical (unpaired) electrons. The summed E-state index contributed by atoms with van der Waals surface area (Å²) in [5.74, 6) is 1.68. The molecule has 2 aliphatic rings. The highest BCUT2D eigenvalue weighted by Gasteiger charge is 2.45. The van der Waals surface area contributed by atoms with Crippen molar-refractivity contribution in [2.24, 2.45) is 11.3 Å². The van der Waals surface area contributed by atoms with Crippen LogP contribution in [0.1, 0.15) is 37.8 Å². The first-order valence-electron chi connectivity index (χ1n) is 6.54. The molecular weight excluding hydrogens is 210 g/mol. The summed E-state index contributed by atoms with van der Waals surface area (Å²) in [7, 11) is 0. The van der Waals surface area contributed by atoms with Crippen LogP contribution >= 0.6 is 0 Å². The number of benzene rings is 1. The molecule has 1 fully saturated rings. The number of piperidine rings is 1. The third-order valence-corrected chi connectivity index (χ3v) is 4.95. The summed E-state index contributed by atoms with van der Waals surface area (Å²) >= 11 is 0. The predicted octanol–water partition coefficient (Wildman–Crippen LogP) is 2.67.